The molecule has 0 aromatic carbocycles. The molecule has 2 saturated heterocycles. The Morgan fingerprint density at radius 3 is 1.74 bits per heavy atom. The van der Waals surface area contributed by atoms with Crippen molar-refractivity contribution in [1.82, 2.24) is 54.7 Å². The molecule has 2 aliphatic rings. The van der Waals surface area contributed by atoms with Gasteiger partial charge in [-0.3, -0.25) is 14.4 Å². The summed E-state index contributed by atoms with van der Waals surface area (Å²) in [7, 11) is 0. The van der Waals surface area contributed by atoms with Gasteiger partial charge in [0, 0.05) is 65.3 Å². The van der Waals surface area contributed by atoms with Crippen LogP contribution in [-0.2, 0) is 28.6 Å². The van der Waals surface area contributed by atoms with Gasteiger partial charge in [0.2, 0.25) is 29.7 Å². The molecule has 0 bridgehead atoms. The molecule has 0 saturated carbocycles. The van der Waals surface area contributed by atoms with Gasteiger partial charge in [0.1, 0.15) is 18.7 Å². The van der Waals surface area contributed by atoms with Crippen LogP contribution in [0, 0.1) is 30.1 Å². The summed E-state index contributed by atoms with van der Waals surface area (Å²) < 4.78 is 19.6. The Balaban J connectivity index is 0.0000104. The zero-order chi connectivity index (χ0) is 49.2. The van der Waals surface area contributed by atoms with Gasteiger partial charge >= 0.3 is 5.97 Å². The van der Waals surface area contributed by atoms with E-state index >= 15 is 0 Å². The summed E-state index contributed by atoms with van der Waals surface area (Å²) in [5.74, 6) is 3.11. The van der Waals surface area contributed by atoms with Gasteiger partial charge in [-0.2, -0.15) is 15.0 Å². The van der Waals surface area contributed by atoms with E-state index in [0.29, 0.717) is 139 Å². The Morgan fingerprint density at radius 1 is 0.739 bits per heavy atom. The molecule has 23 nitrogen and oxygen atoms in total. The molecule has 2 aliphatic heterocycles. The maximum absolute atomic E-state index is 14.3. The Hall–Kier alpha value is -5.25. The zero-order valence-electron chi connectivity index (χ0n) is 41.2. The number of terminal acetylenes is 1. The number of carboxylic acid groups (broad SMARTS) is 1. The third-order valence-electron chi connectivity index (χ3n) is 12.0. The van der Waals surface area contributed by atoms with Crippen molar-refractivity contribution in [2.75, 3.05) is 114 Å². The van der Waals surface area contributed by atoms with Crippen LogP contribution in [-0.4, -0.2) is 176 Å². The monoisotopic (exact) mass is 987 g/mol. The summed E-state index contributed by atoms with van der Waals surface area (Å²) in [5, 5.41) is 30.0. The van der Waals surface area contributed by atoms with Crippen LogP contribution in [0.1, 0.15) is 109 Å². The Morgan fingerprint density at radius 2 is 1.23 bits per heavy atom. The van der Waals surface area contributed by atoms with Crippen LogP contribution >= 0.6 is 12.4 Å². The molecule has 384 valence electrons. The number of anilines is 3. The Kier molecular flexibility index (Phi) is 23.2. The van der Waals surface area contributed by atoms with E-state index in [1.54, 1.807) is 15.8 Å². The van der Waals surface area contributed by atoms with Gasteiger partial charge in [-0.25, -0.2) is 9.36 Å². The Labute approximate surface area is 412 Å². The smallest absolute Gasteiger partial charge is 0.303 e. The van der Waals surface area contributed by atoms with Crippen LogP contribution < -0.4 is 26.6 Å². The van der Waals surface area contributed by atoms with E-state index in [1.807, 2.05) is 20.9 Å². The minimum Gasteiger partial charge on any atom is -0.481 e. The highest BCUT2D eigenvalue weighted by Gasteiger charge is 2.35. The lowest BCUT2D eigenvalue weighted by atomic mass is 9.97. The standard InChI is InChI=1S/C45H74N16O7.ClH/c1-8-21-66-23-25-68-26-24-67-22-12-48-43-49-44(58-17-13-56(14-18-58)41(64)38(10-11-39(62)63)60-29-36(52-54-60)34(46)27-31(3)4)51-45(50-43)59-19-15-57(16-20-59)42(65)40(33(7)9-2)61-30-37(53-55-61)35(47)28-32(5)6;/h1,29-35,38,40H,9-28,46-47H2,2-7H3,(H,62,63)(H,48,49,50,51);1H/t33-,34?,35?,38-,40?;/m0./s1. The van der Waals surface area contributed by atoms with Crippen LogP contribution in [0.3, 0.4) is 0 Å². The molecular formula is C45H75ClN16O7. The largest absolute Gasteiger partial charge is 0.481 e. The lowest BCUT2D eigenvalue weighted by Crippen LogP contribution is -2.52. The Bertz CT molecular complexity index is 2070. The summed E-state index contributed by atoms with van der Waals surface area (Å²) in [4.78, 5) is 62.2. The van der Waals surface area contributed by atoms with E-state index in [9.17, 15) is 19.5 Å². The number of amides is 2. The normalized spacial score (nSPS) is 16.5. The fourth-order valence-electron chi connectivity index (χ4n) is 8.11. The van der Waals surface area contributed by atoms with Gasteiger partial charge in [0.15, 0.2) is 0 Å². The zero-order valence-corrected chi connectivity index (χ0v) is 42.0. The molecule has 5 rings (SSSR count). The number of aliphatic carboxylic acids is 1. The first kappa shape index (κ1) is 56.3. The number of piperazine rings is 2. The van der Waals surface area contributed by atoms with E-state index in [1.165, 1.54) is 4.68 Å². The average Bonchev–Trinajstić information content (AvgIpc) is 4.02. The van der Waals surface area contributed by atoms with Gasteiger partial charge in [0.25, 0.3) is 0 Å². The van der Waals surface area contributed by atoms with E-state index in [2.05, 4.69) is 73.4 Å². The third-order valence-corrected chi connectivity index (χ3v) is 12.0. The number of aromatic nitrogens is 9. The predicted molar refractivity (Wildman–Crippen MR) is 262 cm³/mol. The molecule has 24 heteroatoms. The SMILES string of the molecule is C#CCOCCOCCOCCNc1nc(N2CCN(C(=O)C([C@@H](C)CC)n3cc(C(N)CC(C)C)nn3)CC2)nc(N2CCN(C(=O)[C@H](CCC(=O)O)n3cc(C(N)CC(C)C)nn3)CC2)n1.Cl. The van der Waals surface area contributed by atoms with Gasteiger partial charge in [-0.05, 0) is 37.0 Å². The summed E-state index contributed by atoms with van der Waals surface area (Å²) in [6, 6.07) is -2.01. The van der Waals surface area contributed by atoms with Gasteiger partial charge in [-0.15, -0.1) is 29.0 Å². The number of rotatable bonds is 28. The number of ether oxygens (including phenoxy) is 3. The van der Waals surface area contributed by atoms with Crippen molar-refractivity contribution >= 4 is 48.0 Å². The average molecular weight is 988 g/mol. The number of nitrogens with zero attached hydrogens (tertiary/aromatic N) is 13. The van der Waals surface area contributed by atoms with Crippen molar-refractivity contribution in [2.24, 2.45) is 29.2 Å². The van der Waals surface area contributed by atoms with Crippen LogP contribution in [0.2, 0.25) is 0 Å². The highest BCUT2D eigenvalue weighted by Crippen LogP contribution is 2.28. The van der Waals surface area contributed by atoms with E-state index < -0.39 is 18.1 Å². The van der Waals surface area contributed by atoms with Crippen LogP contribution in [0.4, 0.5) is 17.8 Å². The lowest BCUT2D eigenvalue weighted by Gasteiger charge is -2.38. The third kappa shape index (κ3) is 17.0. The first-order valence-corrected chi connectivity index (χ1v) is 24.0. The van der Waals surface area contributed by atoms with Crippen molar-refractivity contribution in [3.8, 4) is 12.3 Å². The van der Waals surface area contributed by atoms with Crippen molar-refractivity contribution in [2.45, 2.75) is 97.8 Å². The van der Waals surface area contributed by atoms with E-state index in [4.69, 9.17) is 47.1 Å². The quantitative estimate of drug-likeness (QED) is 0.0600. The number of carboxylic acids is 1. The highest BCUT2D eigenvalue weighted by atomic mass is 35.5. The number of carbonyl (C=O) groups excluding carboxylic acids is 2. The van der Waals surface area contributed by atoms with Gasteiger partial charge in [-0.1, -0.05) is 64.3 Å². The fourth-order valence-corrected chi connectivity index (χ4v) is 8.11. The van der Waals surface area contributed by atoms with Crippen LogP contribution in [0.25, 0.3) is 0 Å². The first-order valence-electron chi connectivity index (χ1n) is 24.0. The van der Waals surface area contributed by atoms with Crippen molar-refractivity contribution in [3.05, 3.63) is 23.8 Å². The van der Waals surface area contributed by atoms with Gasteiger partial charge < -0.3 is 55.7 Å². The number of carbonyl (C=O) groups is 3. The fraction of sp³-hybridized carbons (Fsp3) is 0.733. The number of halogens is 1. The maximum Gasteiger partial charge on any atom is 0.303 e. The molecular weight excluding hydrogens is 912 g/mol. The minimum atomic E-state index is -1.01. The predicted octanol–water partition coefficient (Wildman–Crippen LogP) is 2.35. The van der Waals surface area contributed by atoms with Crippen molar-refractivity contribution in [3.63, 3.8) is 0 Å². The van der Waals surface area contributed by atoms with E-state index in [-0.39, 0.29) is 61.7 Å². The topological polar surface area (TPSA) is 276 Å². The first-order chi connectivity index (χ1) is 32.7. The van der Waals surface area contributed by atoms with Gasteiger partial charge in [0.05, 0.1) is 68.9 Å². The summed E-state index contributed by atoms with van der Waals surface area (Å²) in [5.41, 5.74) is 14.0. The van der Waals surface area contributed by atoms with E-state index in [0.717, 1.165) is 12.8 Å². The molecule has 3 unspecified atom stereocenters. The minimum absolute atomic E-state index is 0. The lowest BCUT2D eigenvalue weighted by molar-refractivity contribution is -0.139. The molecule has 69 heavy (non-hydrogen) atoms. The van der Waals surface area contributed by atoms with Crippen LogP contribution in [0.15, 0.2) is 12.4 Å². The molecule has 0 spiro atoms. The summed E-state index contributed by atoms with van der Waals surface area (Å²) in [6.07, 6.45) is 10.7. The van der Waals surface area contributed by atoms with Crippen molar-refractivity contribution < 1.29 is 33.7 Å². The maximum atomic E-state index is 14.3. The molecule has 3 aromatic rings. The second kappa shape index (κ2) is 28.4. The van der Waals surface area contributed by atoms with Crippen LogP contribution in [0.5, 0.6) is 0 Å². The molecule has 0 aliphatic carbocycles. The molecule has 5 heterocycles. The molecule has 0 radical (unpaired) electrons. The molecule has 2 fully saturated rings. The molecule has 5 atom stereocenters. The second-order valence-electron chi connectivity index (χ2n) is 18.3. The summed E-state index contributed by atoms with van der Waals surface area (Å²) in [6.45, 7) is 18.4. The molecule has 3 aromatic heterocycles. The molecule has 2 amide bonds. The highest BCUT2D eigenvalue weighted by molar-refractivity contribution is 5.85. The van der Waals surface area contributed by atoms with Crippen molar-refractivity contribution in [1.29, 1.82) is 0 Å². The number of hydrogen-bond donors (Lipinski definition) is 4. The number of nitrogens with two attached hydrogens (primary N) is 2. The number of hydrogen-bond acceptors (Lipinski definition) is 18. The summed E-state index contributed by atoms with van der Waals surface area (Å²) >= 11 is 0. The molecule has 6 N–H and O–H groups in total. The number of nitrogens with one attached hydrogen (secondary N) is 1. The second-order valence-corrected chi connectivity index (χ2v) is 18.3.